The smallest absolute Gasteiger partial charge is 0.0701 e. The lowest BCUT2D eigenvalue weighted by Crippen LogP contribution is -2.30. The lowest BCUT2D eigenvalue weighted by molar-refractivity contribution is 0.0145. The second-order valence-electron chi connectivity index (χ2n) is 8.40. The van der Waals surface area contributed by atoms with Crippen LogP contribution in [0.2, 0.25) is 0 Å². The zero-order valence-corrected chi connectivity index (χ0v) is 23.8. The van der Waals surface area contributed by atoms with Crippen LogP contribution < -0.4 is 0 Å². The van der Waals surface area contributed by atoms with Crippen molar-refractivity contribution in [2.45, 2.75) is 18.3 Å². The summed E-state index contributed by atoms with van der Waals surface area (Å²) in [6.07, 6.45) is 1.71. The van der Waals surface area contributed by atoms with Gasteiger partial charge in [-0.05, 0) is 59.4 Å². The molecule has 6 nitrogen and oxygen atoms in total. The molecule has 0 saturated carbocycles. The Hall–Kier alpha value is -0.840. The van der Waals surface area contributed by atoms with Crippen molar-refractivity contribution >= 4 is 31.9 Å². The summed E-state index contributed by atoms with van der Waals surface area (Å²) in [6, 6.07) is 13.2. The van der Waals surface area contributed by atoms with Crippen LogP contribution in [0.5, 0.6) is 0 Å². The van der Waals surface area contributed by atoms with Crippen LogP contribution in [0.15, 0.2) is 45.3 Å². The molecule has 194 valence electrons. The van der Waals surface area contributed by atoms with Gasteiger partial charge in [-0.1, -0.05) is 44.0 Å². The van der Waals surface area contributed by atoms with E-state index >= 15 is 0 Å². The molecule has 0 saturated heterocycles. The van der Waals surface area contributed by atoms with Gasteiger partial charge in [-0.15, -0.1) is 0 Å². The van der Waals surface area contributed by atoms with E-state index in [1.165, 1.54) is 22.3 Å². The van der Waals surface area contributed by atoms with Gasteiger partial charge in [0.1, 0.15) is 0 Å². The fourth-order valence-electron chi connectivity index (χ4n) is 4.52. The largest absolute Gasteiger partial charge is 0.382 e. The number of methoxy groups -OCH3 is 2. The molecular formula is C27H36Br2O6. The van der Waals surface area contributed by atoms with Crippen molar-refractivity contribution in [3.05, 3.63) is 56.5 Å². The number of rotatable bonds is 18. The highest BCUT2D eigenvalue weighted by molar-refractivity contribution is 9.10. The molecule has 35 heavy (non-hydrogen) atoms. The molecule has 0 unspecified atom stereocenters. The van der Waals surface area contributed by atoms with Gasteiger partial charge in [-0.25, -0.2) is 0 Å². The maximum atomic E-state index is 6.01. The standard InChI is InChI=1S/C27H36Br2O6/c1-30-11-13-34-17-15-32-9-7-27(8-10-33-16-18-35-14-12-31-2)25-19-21(28)3-5-23(25)24-6-4-22(29)20-26(24)27/h3-6,19-20H,7-18H2,1-2H3. The summed E-state index contributed by atoms with van der Waals surface area (Å²) >= 11 is 7.39. The molecule has 1 aliphatic rings. The SMILES string of the molecule is COCCOCCOCCC1(CCOCCOCCOC)c2cc(Br)ccc2-c2ccc(Br)cc21. The summed E-state index contributed by atoms with van der Waals surface area (Å²) in [7, 11) is 3.34. The highest BCUT2D eigenvalue weighted by atomic mass is 79.9. The van der Waals surface area contributed by atoms with Gasteiger partial charge in [0, 0.05) is 41.8 Å². The lowest BCUT2D eigenvalue weighted by atomic mass is 9.73. The van der Waals surface area contributed by atoms with E-state index in [1.54, 1.807) is 14.2 Å². The fourth-order valence-corrected chi connectivity index (χ4v) is 5.25. The number of hydrogen-bond acceptors (Lipinski definition) is 6. The van der Waals surface area contributed by atoms with Crippen LogP contribution in [-0.4, -0.2) is 80.3 Å². The first-order valence-corrected chi connectivity index (χ1v) is 13.6. The third kappa shape index (κ3) is 8.07. The summed E-state index contributed by atoms with van der Waals surface area (Å²) in [5.74, 6) is 0. The van der Waals surface area contributed by atoms with Crippen molar-refractivity contribution < 1.29 is 28.4 Å². The number of fused-ring (bicyclic) bond motifs is 3. The monoisotopic (exact) mass is 614 g/mol. The van der Waals surface area contributed by atoms with Crippen LogP contribution in [-0.2, 0) is 33.8 Å². The third-order valence-corrected chi connectivity index (χ3v) is 7.23. The van der Waals surface area contributed by atoms with Crippen molar-refractivity contribution in [1.82, 2.24) is 0 Å². The Kier molecular flexibility index (Phi) is 12.7. The zero-order chi connectivity index (χ0) is 24.9. The van der Waals surface area contributed by atoms with Crippen molar-refractivity contribution in [1.29, 1.82) is 0 Å². The quantitative estimate of drug-likeness (QED) is 0.203. The van der Waals surface area contributed by atoms with E-state index in [0.29, 0.717) is 66.1 Å². The first-order chi connectivity index (χ1) is 17.1. The van der Waals surface area contributed by atoms with E-state index in [-0.39, 0.29) is 5.41 Å². The van der Waals surface area contributed by atoms with Gasteiger partial charge in [0.15, 0.2) is 0 Å². The molecular weight excluding hydrogens is 580 g/mol. The van der Waals surface area contributed by atoms with Gasteiger partial charge < -0.3 is 28.4 Å². The van der Waals surface area contributed by atoms with Crippen molar-refractivity contribution in [2.24, 2.45) is 0 Å². The molecule has 0 fully saturated rings. The fraction of sp³-hybridized carbons (Fsp3) is 0.556. The summed E-state index contributed by atoms with van der Waals surface area (Å²) in [4.78, 5) is 0. The van der Waals surface area contributed by atoms with Crippen LogP contribution in [0.3, 0.4) is 0 Å². The predicted molar refractivity (Wildman–Crippen MR) is 144 cm³/mol. The van der Waals surface area contributed by atoms with E-state index in [4.69, 9.17) is 28.4 Å². The topological polar surface area (TPSA) is 55.4 Å². The normalized spacial score (nSPS) is 13.7. The molecule has 0 aliphatic heterocycles. The first-order valence-electron chi connectivity index (χ1n) is 12.0. The van der Waals surface area contributed by atoms with Gasteiger partial charge in [0.25, 0.3) is 0 Å². The Bertz CT molecular complexity index is 834. The van der Waals surface area contributed by atoms with Crippen LogP contribution in [0.25, 0.3) is 11.1 Å². The number of benzene rings is 2. The summed E-state index contributed by atoms with van der Waals surface area (Å²) < 4.78 is 35.3. The molecule has 3 rings (SSSR count). The average Bonchev–Trinajstić information content (AvgIpc) is 3.11. The third-order valence-electron chi connectivity index (χ3n) is 6.24. The molecule has 2 aromatic carbocycles. The molecule has 0 atom stereocenters. The second kappa shape index (κ2) is 15.4. The van der Waals surface area contributed by atoms with Gasteiger partial charge in [-0.3, -0.25) is 0 Å². The van der Waals surface area contributed by atoms with E-state index in [0.717, 1.165) is 21.8 Å². The summed E-state index contributed by atoms with van der Waals surface area (Å²) in [5, 5.41) is 0. The molecule has 1 aliphatic carbocycles. The maximum Gasteiger partial charge on any atom is 0.0701 e. The van der Waals surface area contributed by atoms with Crippen molar-refractivity contribution in [3.8, 4) is 11.1 Å². The number of ether oxygens (including phenoxy) is 6. The Labute approximate surface area is 225 Å². The number of hydrogen-bond donors (Lipinski definition) is 0. The Morgan fingerprint density at radius 2 is 0.914 bits per heavy atom. The highest BCUT2D eigenvalue weighted by Crippen LogP contribution is 2.54. The molecule has 8 heteroatoms. The van der Waals surface area contributed by atoms with Gasteiger partial charge >= 0.3 is 0 Å². The second-order valence-corrected chi connectivity index (χ2v) is 10.2. The van der Waals surface area contributed by atoms with Crippen LogP contribution in [0, 0.1) is 0 Å². The Morgan fingerprint density at radius 1 is 0.543 bits per heavy atom. The maximum absolute atomic E-state index is 6.01. The minimum Gasteiger partial charge on any atom is -0.382 e. The first kappa shape index (κ1) is 28.7. The average molecular weight is 616 g/mol. The predicted octanol–water partition coefficient (Wildman–Crippen LogP) is 5.62. The molecule has 2 aromatic rings. The van der Waals surface area contributed by atoms with Gasteiger partial charge in [0.05, 0.1) is 52.9 Å². The van der Waals surface area contributed by atoms with E-state index in [9.17, 15) is 0 Å². The van der Waals surface area contributed by atoms with Gasteiger partial charge in [0.2, 0.25) is 0 Å². The molecule has 0 aromatic heterocycles. The molecule has 0 amide bonds. The van der Waals surface area contributed by atoms with Crippen LogP contribution in [0.4, 0.5) is 0 Å². The Morgan fingerprint density at radius 3 is 1.31 bits per heavy atom. The van der Waals surface area contributed by atoms with Crippen LogP contribution >= 0.6 is 31.9 Å². The minimum absolute atomic E-state index is 0.202. The Balaban J connectivity index is 1.70. The van der Waals surface area contributed by atoms with Crippen molar-refractivity contribution in [2.75, 3.05) is 80.3 Å². The van der Waals surface area contributed by atoms with Crippen LogP contribution in [0.1, 0.15) is 24.0 Å². The summed E-state index contributed by atoms with van der Waals surface area (Å²) in [6.45, 7) is 5.86. The molecule has 0 spiro atoms. The van der Waals surface area contributed by atoms with E-state index in [1.807, 2.05) is 0 Å². The van der Waals surface area contributed by atoms with E-state index in [2.05, 4.69) is 68.3 Å². The molecule has 0 heterocycles. The van der Waals surface area contributed by atoms with Crippen molar-refractivity contribution in [3.63, 3.8) is 0 Å². The molecule has 0 radical (unpaired) electrons. The molecule has 0 bridgehead atoms. The van der Waals surface area contributed by atoms with Gasteiger partial charge in [-0.2, -0.15) is 0 Å². The minimum atomic E-state index is -0.202. The highest BCUT2D eigenvalue weighted by Gasteiger charge is 2.43. The van der Waals surface area contributed by atoms with E-state index < -0.39 is 0 Å². The zero-order valence-electron chi connectivity index (χ0n) is 20.7. The molecule has 0 N–H and O–H groups in total. The lowest BCUT2D eigenvalue weighted by Gasteiger charge is -2.32. The summed E-state index contributed by atoms with van der Waals surface area (Å²) in [5.41, 5.74) is 4.99. The number of halogens is 2.